The van der Waals surface area contributed by atoms with Crippen LogP contribution < -0.4 is 10.6 Å². The maximum Gasteiger partial charge on any atom is 0.354 e. The number of aromatic nitrogens is 1. The maximum atomic E-state index is 12.0. The lowest BCUT2D eigenvalue weighted by atomic mass is 9.89. The summed E-state index contributed by atoms with van der Waals surface area (Å²) in [7, 11) is 0. The zero-order valence-corrected chi connectivity index (χ0v) is 10.8. The van der Waals surface area contributed by atoms with E-state index < -0.39 is 5.97 Å². The van der Waals surface area contributed by atoms with Crippen LogP contribution in [0, 0.1) is 5.41 Å². The minimum absolute atomic E-state index is 0.00188. The smallest absolute Gasteiger partial charge is 0.354 e. The second-order valence-corrected chi connectivity index (χ2v) is 5.03. The number of aromatic carboxylic acids is 1. The first-order valence-corrected chi connectivity index (χ1v) is 6.18. The van der Waals surface area contributed by atoms with Crippen molar-refractivity contribution < 1.29 is 14.7 Å². The van der Waals surface area contributed by atoms with E-state index >= 15 is 0 Å². The van der Waals surface area contributed by atoms with Gasteiger partial charge in [-0.1, -0.05) is 6.07 Å². The molecule has 1 atom stereocenters. The lowest BCUT2D eigenvalue weighted by Crippen LogP contribution is -2.40. The molecule has 0 saturated carbocycles. The van der Waals surface area contributed by atoms with Crippen molar-refractivity contribution in [2.24, 2.45) is 5.41 Å². The summed E-state index contributed by atoms with van der Waals surface area (Å²) >= 11 is 0. The SMILES string of the molecule is CC1(C(=O)NCc2ccc(C(=O)O)nc2)CCNC1. The van der Waals surface area contributed by atoms with E-state index in [0.29, 0.717) is 13.1 Å². The van der Waals surface area contributed by atoms with E-state index in [4.69, 9.17) is 5.11 Å². The molecule has 3 N–H and O–H groups in total. The van der Waals surface area contributed by atoms with Gasteiger partial charge in [-0.25, -0.2) is 9.78 Å². The summed E-state index contributed by atoms with van der Waals surface area (Å²) in [6.07, 6.45) is 2.30. The van der Waals surface area contributed by atoms with Crippen molar-refractivity contribution in [2.75, 3.05) is 13.1 Å². The number of carboxylic acid groups (broad SMARTS) is 1. The number of amides is 1. The van der Waals surface area contributed by atoms with Gasteiger partial charge in [0.2, 0.25) is 5.91 Å². The number of carbonyl (C=O) groups excluding carboxylic acids is 1. The summed E-state index contributed by atoms with van der Waals surface area (Å²) in [6.45, 7) is 3.85. The third-order valence-corrected chi connectivity index (χ3v) is 3.41. The number of nitrogens with zero attached hydrogens (tertiary/aromatic N) is 1. The standard InChI is InChI=1S/C13H17N3O3/c1-13(4-5-14-8-13)12(19)16-7-9-2-3-10(11(17)18)15-6-9/h2-3,6,14H,4-5,7-8H2,1H3,(H,16,19)(H,17,18). The fourth-order valence-corrected chi connectivity index (χ4v) is 2.06. The largest absolute Gasteiger partial charge is 0.477 e. The van der Waals surface area contributed by atoms with Gasteiger partial charge < -0.3 is 15.7 Å². The van der Waals surface area contributed by atoms with Gasteiger partial charge >= 0.3 is 5.97 Å². The molecule has 0 aromatic carbocycles. The Kier molecular flexibility index (Phi) is 3.80. The Bertz CT molecular complexity index is 478. The van der Waals surface area contributed by atoms with Crippen molar-refractivity contribution in [1.82, 2.24) is 15.6 Å². The molecule has 1 saturated heterocycles. The van der Waals surface area contributed by atoms with Crippen LogP contribution in [0.2, 0.25) is 0 Å². The number of hydrogen-bond donors (Lipinski definition) is 3. The van der Waals surface area contributed by atoms with Crippen molar-refractivity contribution in [1.29, 1.82) is 0 Å². The third kappa shape index (κ3) is 3.08. The Balaban J connectivity index is 1.91. The lowest BCUT2D eigenvalue weighted by Gasteiger charge is -2.21. The zero-order chi connectivity index (χ0) is 13.9. The first kappa shape index (κ1) is 13.5. The second-order valence-electron chi connectivity index (χ2n) is 5.03. The van der Waals surface area contributed by atoms with E-state index in [0.717, 1.165) is 18.5 Å². The summed E-state index contributed by atoms with van der Waals surface area (Å²) in [5.74, 6) is -1.04. The maximum absolute atomic E-state index is 12.0. The van der Waals surface area contributed by atoms with E-state index in [1.807, 2.05) is 6.92 Å². The van der Waals surface area contributed by atoms with E-state index in [1.165, 1.54) is 12.3 Å². The van der Waals surface area contributed by atoms with Crippen molar-refractivity contribution in [3.05, 3.63) is 29.6 Å². The molecule has 6 nitrogen and oxygen atoms in total. The van der Waals surface area contributed by atoms with Gasteiger partial charge in [-0.15, -0.1) is 0 Å². The molecule has 102 valence electrons. The van der Waals surface area contributed by atoms with Gasteiger partial charge in [0.15, 0.2) is 0 Å². The van der Waals surface area contributed by atoms with Gasteiger partial charge in [0.25, 0.3) is 0 Å². The fraction of sp³-hybridized carbons (Fsp3) is 0.462. The van der Waals surface area contributed by atoms with Crippen LogP contribution in [-0.2, 0) is 11.3 Å². The van der Waals surface area contributed by atoms with E-state index in [2.05, 4.69) is 15.6 Å². The fourth-order valence-electron chi connectivity index (χ4n) is 2.06. The Morgan fingerprint density at radius 3 is 2.84 bits per heavy atom. The van der Waals surface area contributed by atoms with Crippen LogP contribution in [0.1, 0.15) is 29.4 Å². The quantitative estimate of drug-likeness (QED) is 0.731. The Morgan fingerprint density at radius 2 is 2.32 bits per heavy atom. The summed E-state index contributed by atoms with van der Waals surface area (Å²) in [5, 5.41) is 14.8. The number of rotatable bonds is 4. The topological polar surface area (TPSA) is 91.3 Å². The second kappa shape index (κ2) is 5.36. The predicted molar refractivity (Wildman–Crippen MR) is 68.6 cm³/mol. The molecule has 19 heavy (non-hydrogen) atoms. The molecule has 1 unspecified atom stereocenters. The van der Waals surface area contributed by atoms with Crippen LogP contribution in [0.3, 0.4) is 0 Å². The normalized spacial score (nSPS) is 22.2. The average molecular weight is 263 g/mol. The molecule has 2 heterocycles. The predicted octanol–water partition coefficient (Wildman–Crippen LogP) is 0.396. The molecular formula is C13H17N3O3. The Morgan fingerprint density at radius 1 is 1.53 bits per heavy atom. The van der Waals surface area contributed by atoms with Gasteiger partial charge in [-0.05, 0) is 31.5 Å². The molecule has 1 amide bonds. The molecule has 0 bridgehead atoms. The van der Waals surface area contributed by atoms with E-state index in [1.54, 1.807) is 6.07 Å². The Hall–Kier alpha value is -1.95. The summed E-state index contributed by atoms with van der Waals surface area (Å²) in [5.41, 5.74) is 0.434. The minimum atomic E-state index is -1.06. The molecule has 0 spiro atoms. The highest BCUT2D eigenvalue weighted by atomic mass is 16.4. The summed E-state index contributed by atoms with van der Waals surface area (Å²) < 4.78 is 0. The monoisotopic (exact) mass is 263 g/mol. The molecular weight excluding hydrogens is 246 g/mol. The lowest BCUT2D eigenvalue weighted by molar-refractivity contribution is -0.129. The van der Waals surface area contributed by atoms with Gasteiger partial charge in [-0.3, -0.25) is 4.79 Å². The van der Waals surface area contributed by atoms with Gasteiger partial charge in [0.05, 0.1) is 5.41 Å². The highest BCUT2D eigenvalue weighted by Crippen LogP contribution is 2.24. The third-order valence-electron chi connectivity index (χ3n) is 3.41. The number of carboxylic acids is 1. The van der Waals surface area contributed by atoms with Crippen LogP contribution in [-0.4, -0.2) is 35.1 Å². The highest BCUT2D eigenvalue weighted by Gasteiger charge is 2.35. The van der Waals surface area contributed by atoms with Gasteiger partial charge in [0.1, 0.15) is 5.69 Å². The number of pyridine rings is 1. The number of hydrogen-bond acceptors (Lipinski definition) is 4. The molecule has 1 aromatic rings. The van der Waals surface area contributed by atoms with Crippen molar-refractivity contribution in [2.45, 2.75) is 19.9 Å². The van der Waals surface area contributed by atoms with Crippen molar-refractivity contribution in [3.8, 4) is 0 Å². The van der Waals surface area contributed by atoms with Crippen LogP contribution in [0.5, 0.6) is 0 Å². The molecule has 0 radical (unpaired) electrons. The molecule has 1 fully saturated rings. The number of nitrogens with one attached hydrogen (secondary N) is 2. The first-order valence-electron chi connectivity index (χ1n) is 6.18. The van der Waals surface area contributed by atoms with Gasteiger partial charge in [0, 0.05) is 19.3 Å². The van der Waals surface area contributed by atoms with Crippen LogP contribution in [0.15, 0.2) is 18.3 Å². The van der Waals surface area contributed by atoms with E-state index in [9.17, 15) is 9.59 Å². The zero-order valence-electron chi connectivity index (χ0n) is 10.8. The Labute approximate surface area is 111 Å². The summed E-state index contributed by atoms with van der Waals surface area (Å²) in [4.78, 5) is 26.5. The van der Waals surface area contributed by atoms with E-state index in [-0.39, 0.29) is 17.0 Å². The first-order chi connectivity index (χ1) is 9.01. The van der Waals surface area contributed by atoms with Crippen LogP contribution in [0.4, 0.5) is 0 Å². The molecule has 6 heteroatoms. The molecule has 1 aliphatic heterocycles. The van der Waals surface area contributed by atoms with Gasteiger partial charge in [-0.2, -0.15) is 0 Å². The summed E-state index contributed by atoms with van der Waals surface area (Å²) in [6, 6.07) is 3.09. The minimum Gasteiger partial charge on any atom is -0.477 e. The number of carbonyl (C=O) groups is 2. The molecule has 2 rings (SSSR count). The van der Waals surface area contributed by atoms with Crippen LogP contribution >= 0.6 is 0 Å². The molecule has 1 aromatic heterocycles. The highest BCUT2D eigenvalue weighted by molar-refractivity contribution is 5.85. The van der Waals surface area contributed by atoms with Crippen molar-refractivity contribution in [3.63, 3.8) is 0 Å². The molecule has 1 aliphatic rings. The van der Waals surface area contributed by atoms with Crippen molar-refractivity contribution >= 4 is 11.9 Å². The average Bonchev–Trinajstić information content (AvgIpc) is 2.84. The van der Waals surface area contributed by atoms with Crippen LogP contribution in [0.25, 0.3) is 0 Å². The molecule has 0 aliphatic carbocycles.